The van der Waals surface area contributed by atoms with E-state index in [1.807, 2.05) is 0 Å². The Morgan fingerprint density at radius 3 is 2.60 bits per heavy atom. The number of hydrogen-bond donors (Lipinski definition) is 2. The Morgan fingerprint density at radius 2 is 2.05 bits per heavy atom. The van der Waals surface area contributed by atoms with E-state index in [-0.39, 0.29) is 11.9 Å². The van der Waals surface area contributed by atoms with E-state index in [9.17, 15) is 4.79 Å². The summed E-state index contributed by atoms with van der Waals surface area (Å²) in [5.74, 6) is 0.495. The van der Waals surface area contributed by atoms with Crippen LogP contribution in [0, 0.1) is 5.41 Å². The maximum absolute atomic E-state index is 12.2. The monoisotopic (exact) mass is 295 g/mol. The number of anilines is 1. The van der Waals surface area contributed by atoms with Gasteiger partial charge < -0.3 is 10.6 Å². The van der Waals surface area contributed by atoms with E-state index < -0.39 is 0 Å². The molecule has 0 radical (unpaired) electrons. The van der Waals surface area contributed by atoms with E-state index in [4.69, 9.17) is 11.6 Å². The smallest absolute Gasteiger partial charge is 0.253 e. The Kier molecular flexibility index (Phi) is 4.53. The summed E-state index contributed by atoms with van der Waals surface area (Å²) in [5.41, 5.74) is 0.916. The van der Waals surface area contributed by atoms with Crippen LogP contribution in [-0.2, 0) is 0 Å². The summed E-state index contributed by atoms with van der Waals surface area (Å²) in [6, 6.07) is 1.92. The van der Waals surface area contributed by atoms with Gasteiger partial charge in [0, 0.05) is 19.3 Å². The van der Waals surface area contributed by atoms with Gasteiger partial charge in [-0.1, -0.05) is 25.4 Å². The largest absolute Gasteiger partial charge is 0.372 e. The van der Waals surface area contributed by atoms with Crippen molar-refractivity contribution >= 4 is 23.3 Å². The molecular formula is C15H22ClN3O. The van der Waals surface area contributed by atoms with Gasteiger partial charge in [0.2, 0.25) is 0 Å². The SMILES string of the molecule is CNc1ncc(C(=O)NC2CCC(C)(C)CC2)cc1Cl. The molecule has 1 fully saturated rings. The van der Waals surface area contributed by atoms with Crippen LogP contribution in [0.5, 0.6) is 0 Å². The zero-order valence-electron chi connectivity index (χ0n) is 12.3. The molecule has 5 heteroatoms. The molecule has 1 aromatic heterocycles. The van der Waals surface area contributed by atoms with Crippen LogP contribution in [-0.4, -0.2) is 24.0 Å². The van der Waals surface area contributed by atoms with E-state index >= 15 is 0 Å². The molecule has 2 rings (SSSR count). The molecule has 4 nitrogen and oxygen atoms in total. The molecule has 1 heterocycles. The average Bonchev–Trinajstić information content (AvgIpc) is 2.41. The number of amides is 1. The third-order valence-corrected chi connectivity index (χ3v) is 4.30. The van der Waals surface area contributed by atoms with Gasteiger partial charge in [0.1, 0.15) is 5.82 Å². The summed E-state index contributed by atoms with van der Waals surface area (Å²) in [6.45, 7) is 4.57. The van der Waals surface area contributed by atoms with Gasteiger partial charge in [-0.15, -0.1) is 0 Å². The maximum atomic E-state index is 12.2. The van der Waals surface area contributed by atoms with Gasteiger partial charge in [-0.25, -0.2) is 4.98 Å². The predicted octanol–water partition coefficient (Wildman–Crippen LogP) is 3.48. The minimum atomic E-state index is -0.0910. The van der Waals surface area contributed by atoms with Crippen LogP contribution in [0.15, 0.2) is 12.3 Å². The minimum Gasteiger partial charge on any atom is -0.372 e. The third-order valence-electron chi connectivity index (χ3n) is 4.01. The highest BCUT2D eigenvalue weighted by atomic mass is 35.5. The molecule has 20 heavy (non-hydrogen) atoms. The van der Waals surface area contributed by atoms with Crippen molar-refractivity contribution in [1.82, 2.24) is 10.3 Å². The Balaban J connectivity index is 1.97. The highest BCUT2D eigenvalue weighted by Gasteiger charge is 2.27. The van der Waals surface area contributed by atoms with Gasteiger partial charge in [-0.3, -0.25) is 4.79 Å². The molecule has 1 aliphatic carbocycles. The third kappa shape index (κ3) is 3.63. The second kappa shape index (κ2) is 6.00. The molecule has 0 spiro atoms. The lowest BCUT2D eigenvalue weighted by Gasteiger charge is -2.34. The number of aromatic nitrogens is 1. The van der Waals surface area contributed by atoms with Crippen molar-refractivity contribution in [3.8, 4) is 0 Å². The average molecular weight is 296 g/mol. The molecule has 1 saturated carbocycles. The standard InChI is InChI=1S/C15H22ClN3O/c1-15(2)6-4-11(5-7-15)19-14(20)10-8-12(16)13(17-3)18-9-10/h8-9,11H,4-7H2,1-3H3,(H,17,18)(H,19,20). The quantitative estimate of drug-likeness (QED) is 0.898. The lowest BCUT2D eigenvalue weighted by atomic mass is 9.75. The van der Waals surface area contributed by atoms with E-state index in [2.05, 4.69) is 29.5 Å². The van der Waals surface area contributed by atoms with Crippen molar-refractivity contribution in [2.75, 3.05) is 12.4 Å². The molecule has 0 aromatic carbocycles. The van der Waals surface area contributed by atoms with Gasteiger partial charge in [0.05, 0.1) is 10.6 Å². The molecule has 1 aliphatic rings. The van der Waals surface area contributed by atoms with Gasteiger partial charge in [0.15, 0.2) is 0 Å². The summed E-state index contributed by atoms with van der Waals surface area (Å²) in [7, 11) is 1.75. The van der Waals surface area contributed by atoms with Gasteiger partial charge in [-0.2, -0.15) is 0 Å². The maximum Gasteiger partial charge on any atom is 0.253 e. The first-order valence-corrected chi connectivity index (χ1v) is 7.43. The van der Waals surface area contributed by atoms with E-state index in [1.54, 1.807) is 19.3 Å². The minimum absolute atomic E-state index is 0.0910. The molecule has 0 bridgehead atoms. The van der Waals surface area contributed by atoms with Crippen molar-refractivity contribution in [2.24, 2.45) is 5.41 Å². The number of nitrogens with one attached hydrogen (secondary N) is 2. The molecule has 2 N–H and O–H groups in total. The molecule has 1 aromatic rings. The van der Waals surface area contributed by atoms with Crippen molar-refractivity contribution in [1.29, 1.82) is 0 Å². The summed E-state index contributed by atoms with van der Waals surface area (Å²) in [5, 5.41) is 6.42. The van der Waals surface area contributed by atoms with Crippen LogP contribution in [0.2, 0.25) is 5.02 Å². The molecule has 0 unspecified atom stereocenters. The van der Waals surface area contributed by atoms with Crippen LogP contribution < -0.4 is 10.6 Å². The second-order valence-electron chi connectivity index (χ2n) is 6.22. The zero-order valence-corrected chi connectivity index (χ0v) is 13.0. The lowest BCUT2D eigenvalue weighted by molar-refractivity contribution is 0.0908. The van der Waals surface area contributed by atoms with Crippen molar-refractivity contribution in [3.63, 3.8) is 0 Å². The Bertz CT molecular complexity index is 492. The van der Waals surface area contributed by atoms with Gasteiger partial charge in [-0.05, 0) is 37.2 Å². The van der Waals surface area contributed by atoms with E-state index in [1.165, 1.54) is 0 Å². The number of rotatable bonds is 3. The van der Waals surface area contributed by atoms with E-state index in [0.717, 1.165) is 25.7 Å². The van der Waals surface area contributed by atoms with Crippen LogP contribution >= 0.6 is 11.6 Å². The number of carbonyl (C=O) groups is 1. The topological polar surface area (TPSA) is 54.0 Å². The van der Waals surface area contributed by atoms with Gasteiger partial charge in [0.25, 0.3) is 5.91 Å². The number of pyridine rings is 1. The molecular weight excluding hydrogens is 274 g/mol. The van der Waals surface area contributed by atoms with Crippen molar-refractivity contribution < 1.29 is 4.79 Å². The highest BCUT2D eigenvalue weighted by molar-refractivity contribution is 6.33. The van der Waals surface area contributed by atoms with Crippen LogP contribution in [0.1, 0.15) is 49.9 Å². The van der Waals surface area contributed by atoms with Crippen LogP contribution in [0.3, 0.4) is 0 Å². The first-order valence-electron chi connectivity index (χ1n) is 7.05. The number of nitrogens with zero attached hydrogens (tertiary/aromatic N) is 1. The van der Waals surface area contributed by atoms with Crippen molar-refractivity contribution in [3.05, 3.63) is 22.8 Å². The first kappa shape index (κ1) is 15.1. The molecule has 1 amide bonds. The van der Waals surface area contributed by atoms with Crippen molar-refractivity contribution in [2.45, 2.75) is 45.6 Å². The predicted molar refractivity (Wildman–Crippen MR) is 82.3 cm³/mol. The van der Waals surface area contributed by atoms with Gasteiger partial charge >= 0.3 is 0 Å². The Morgan fingerprint density at radius 1 is 1.40 bits per heavy atom. The first-order chi connectivity index (χ1) is 9.41. The Labute approximate surface area is 125 Å². The summed E-state index contributed by atoms with van der Waals surface area (Å²) < 4.78 is 0. The fourth-order valence-corrected chi connectivity index (χ4v) is 2.82. The highest BCUT2D eigenvalue weighted by Crippen LogP contribution is 2.35. The molecule has 0 atom stereocenters. The normalized spacial score (nSPS) is 18.6. The van der Waals surface area contributed by atoms with E-state index in [0.29, 0.717) is 21.8 Å². The lowest BCUT2D eigenvalue weighted by Crippen LogP contribution is -2.39. The summed E-state index contributed by atoms with van der Waals surface area (Å²) >= 11 is 6.05. The molecule has 0 aliphatic heterocycles. The zero-order chi connectivity index (χ0) is 14.8. The van der Waals surface area contributed by atoms with Crippen LogP contribution in [0.25, 0.3) is 0 Å². The molecule has 110 valence electrons. The summed E-state index contributed by atoms with van der Waals surface area (Å²) in [4.78, 5) is 16.3. The number of halogens is 1. The fourth-order valence-electron chi connectivity index (χ4n) is 2.56. The number of hydrogen-bond acceptors (Lipinski definition) is 3. The van der Waals surface area contributed by atoms with Crippen LogP contribution in [0.4, 0.5) is 5.82 Å². The number of carbonyl (C=O) groups excluding carboxylic acids is 1. The molecule has 0 saturated heterocycles. The Hall–Kier alpha value is -1.29. The fraction of sp³-hybridized carbons (Fsp3) is 0.600. The second-order valence-corrected chi connectivity index (χ2v) is 6.62. The summed E-state index contributed by atoms with van der Waals surface area (Å²) in [6.07, 6.45) is 5.92.